The summed E-state index contributed by atoms with van der Waals surface area (Å²) < 4.78 is 28.8. The van der Waals surface area contributed by atoms with Gasteiger partial charge in [0.15, 0.2) is 0 Å². The first-order valence-corrected chi connectivity index (χ1v) is 10.2. The lowest BCUT2D eigenvalue weighted by atomic mass is 10.3. The van der Waals surface area contributed by atoms with Crippen molar-refractivity contribution in [3.63, 3.8) is 0 Å². The van der Waals surface area contributed by atoms with Gasteiger partial charge in [-0.05, 0) is 42.8 Å². The minimum absolute atomic E-state index is 0.0171. The van der Waals surface area contributed by atoms with Crippen LogP contribution in [0.1, 0.15) is 23.3 Å². The number of sulfonamides is 1. The number of carbonyl (C=O) groups is 1. The molecule has 10 heteroatoms. The fraction of sp³-hybridized carbons (Fsp3) is 0.235. The van der Waals surface area contributed by atoms with Crippen LogP contribution in [0.5, 0.6) is 0 Å². The molecule has 0 unspecified atom stereocenters. The molecule has 1 fully saturated rings. The second-order valence-electron chi connectivity index (χ2n) is 5.95. The van der Waals surface area contributed by atoms with Gasteiger partial charge in [-0.25, -0.2) is 4.98 Å². The van der Waals surface area contributed by atoms with Crippen LogP contribution < -0.4 is 5.32 Å². The molecule has 1 aliphatic rings. The minimum Gasteiger partial charge on any atom is -0.362 e. The van der Waals surface area contributed by atoms with Crippen LogP contribution in [0.15, 0.2) is 45.7 Å². The maximum atomic E-state index is 12.4. The Morgan fingerprint density at radius 1 is 1.19 bits per heavy atom. The topological polar surface area (TPSA) is 91.7 Å². The number of halogens is 2. The number of nitrogens with one attached hydrogen (secondary N) is 1. The van der Waals surface area contributed by atoms with E-state index < -0.39 is 15.9 Å². The fourth-order valence-electron chi connectivity index (χ4n) is 2.58. The van der Waals surface area contributed by atoms with Crippen LogP contribution in [0.2, 0.25) is 10.2 Å². The standard InChI is InChI=1S/C17H16Cl2N4O3S/c1-23-10-2-3-15(23)22-27(25,26)12-6-4-11(5-7-12)20-17(24)16-13(18)8-9-14(19)21-16/h4-9H,2-3,10H2,1H3,(H,20,24). The summed E-state index contributed by atoms with van der Waals surface area (Å²) in [5, 5.41) is 2.90. The summed E-state index contributed by atoms with van der Waals surface area (Å²) in [5.41, 5.74) is 0.374. The number of pyridine rings is 1. The zero-order chi connectivity index (χ0) is 19.6. The number of nitrogens with zero attached hydrogens (tertiary/aromatic N) is 3. The molecule has 0 radical (unpaired) electrons. The Kier molecular flexibility index (Phi) is 5.69. The molecule has 0 bridgehead atoms. The summed E-state index contributed by atoms with van der Waals surface area (Å²) in [6, 6.07) is 8.67. The van der Waals surface area contributed by atoms with Gasteiger partial charge >= 0.3 is 0 Å². The van der Waals surface area contributed by atoms with E-state index in [1.165, 1.54) is 36.4 Å². The molecule has 1 N–H and O–H groups in total. The predicted molar refractivity (Wildman–Crippen MR) is 105 cm³/mol. The smallest absolute Gasteiger partial charge is 0.283 e. The first kappa shape index (κ1) is 19.6. The maximum absolute atomic E-state index is 12.4. The van der Waals surface area contributed by atoms with E-state index in [-0.39, 0.29) is 20.8 Å². The third-order valence-electron chi connectivity index (χ3n) is 4.00. The number of rotatable bonds is 4. The molecule has 0 saturated carbocycles. The Morgan fingerprint density at radius 3 is 2.52 bits per heavy atom. The highest BCUT2D eigenvalue weighted by Crippen LogP contribution is 2.21. The molecule has 0 spiro atoms. The Bertz CT molecular complexity index is 1010. The van der Waals surface area contributed by atoms with Crippen molar-refractivity contribution in [3.8, 4) is 0 Å². The van der Waals surface area contributed by atoms with Gasteiger partial charge in [0.1, 0.15) is 16.7 Å². The monoisotopic (exact) mass is 426 g/mol. The molecule has 1 amide bonds. The second kappa shape index (κ2) is 7.84. The van der Waals surface area contributed by atoms with E-state index in [1.807, 2.05) is 11.9 Å². The number of likely N-dealkylation sites (tertiary alicyclic amines) is 1. The molecule has 1 aromatic carbocycles. The normalized spacial score (nSPS) is 16.0. The Hall–Kier alpha value is -2.16. The van der Waals surface area contributed by atoms with Crippen molar-refractivity contribution < 1.29 is 13.2 Å². The van der Waals surface area contributed by atoms with Crippen LogP contribution in [0.3, 0.4) is 0 Å². The summed E-state index contributed by atoms with van der Waals surface area (Å²) in [6.45, 7) is 0.791. The molecule has 1 aromatic heterocycles. The van der Waals surface area contributed by atoms with E-state index in [9.17, 15) is 13.2 Å². The average Bonchev–Trinajstić information content (AvgIpc) is 3.01. The van der Waals surface area contributed by atoms with Crippen molar-refractivity contribution in [2.75, 3.05) is 18.9 Å². The molecule has 2 aromatic rings. The second-order valence-corrected chi connectivity index (χ2v) is 8.35. The number of amides is 1. The number of benzene rings is 1. The maximum Gasteiger partial charge on any atom is 0.283 e. The molecule has 2 heterocycles. The number of amidine groups is 1. The zero-order valence-corrected chi connectivity index (χ0v) is 16.6. The fourth-order valence-corrected chi connectivity index (χ4v) is 4.01. The third kappa shape index (κ3) is 4.58. The summed E-state index contributed by atoms with van der Waals surface area (Å²) >= 11 is 11.7. The highest BCUT2D eigenvalue weighted by Gasteiger charge is 2.20. The van der Waals surface area contributed by atoms with Gasteiger partial charge in [-0.3, -0.25) is 4.79 Å². The molecular formula is C17H16Cl2N4O3S. The van der Waals surface area contributed by atoms with E-state index in [1.54, 1.807) is 0 Å². The Morgan fingerprint density at radius 2 is 1.89 bits per heavy atom. The number of hydrogen-bond donors (Lipinski definition) is 1. The first-order valence-electron chi connectivity index (χ1n) is 8.05. The van der Waals surface area contributed by atoms with Gasteiger partial charge in [0.2, 0.25) is 0 Å². The van der Waals surface area contributed by atoms with Crippen molar-refractivity contribution in [1.82, 2.24) is 9.88 Å². The predicted octanol–water partition coefficient (Wildman–Crippen LogP) is 3.45. The quantitative estimate of drug-likeness (QED) is 0.755. The summed E-state index contributed by atoms with van der Waals surface area (Å²) in [6.07, 6.45) is 1.52. The molecule has 142 valence electrons. The van der Waals surface area contributed by atoms with Gasteiger partial charge in [0, 0.05) is 25.7 Å². The van der Waals surface area contributed by atoms with Gasteiger partial charge in [-0.15, -0.1) is 4.40 Å². The minimum atomic E-state index is -3.80. The van der Waals surface area contributed by atoms with Crippen molar-refractivity contribution in [1.29, 1.82) is 0 Å². The SMILES string of the molecule is CN1CCCC1=NS(=O)(=O)c1ccc(NC(=O)c2nc(Cl)ccc2Cl)cc1. The van der Waals surface area contributed by atoms with E-state index >= 15 is 0 Å². The number of aromatic nitrogens is 1. The first-order chi connectivity index (χ1) is 12.8. The number of carbonyl (C=O) groups excluding carboxylic acids is 1. The van der Waals surface area contributed by atoms with Crippen molar-refractivity contribution in [2.24, 2.45) is 4.40 Å². The lowest BCUT2D eigenvalue weighted by molar-refractivity contribution is 0.102. The van der Waals surface area contributed by atoms with Gasteiger partial charge in [0.25, 0.3) is 15.9 Å². The molecule has 1 saturated heterocycles. The van der Waals surface area contributed by atoms with Crippen LogP contribution in [-0.2, 0) is 10.0 Å². The van der Waals surface area contributed by atoms with Gasteiger partial charge in [-0.1, -0.05) is 23.2 Å². The summed E-state index contributed by atoms with van der Waals surface area (Å²) in [7, 11) is -1.99. The molecule has 27 heavy (non-hydrogen) atoms. The largest absolute Gasteiger partial charge is 0.362 e. The zero-order valence-electron chi connectivity index (χ0n) is 14.3. The average molecular weight is 427 g/mol. The van der Waals surface area contributed by atoms with Crippen LogP contribution in [0.25, 0.3) is 0 Å². The molecule has 7 nitrogen and oxygen atoms in total. The molecule has 0 atom stereocenters. The lowest BCUT2D eigenvalue weighted by Crippen LogP contribution is -2.20. The van der Waals surface area contributed by atoms with Crippen LogP contribution in [-0.4, -0.2) is 43.6 Å². The third-order valence-corrected chi connectivity index (χ3v) is 5.83. The van der Waals surface area contributed by atoms with Crippen molar-refractivity contribution in [2.45, 2.75) is 17.7 Å². The van der Waals surface area contributed by atoms with Crippen LogP contribution in [0.4, 0.5) is 5.69 Å². The lowest BCUT2D eigenvalue weighted by Gasteiger charge is -2.11. The Balaban J connectivity index is 1.77. The molecular weight excluding hydrogens is 411 g/mol. The van der Waals surface area contributed by atoms with E-state index in [0.717, 1.165) is 13.0 Å². The Labute approximate surface area is 167 Å². The van der Waals surface area contributed by atoms with Crippen molar-refractivity contribution >= 4 is 50.7 Å². The number of anilines is 1. The van der Waals surface area contributed by atoms with Gasteiger partial charge < -0.3 is 10.2 Å². The van der Waals surface area contributed by atoms with E-state index in [0.29, 0.717) is 17.9 Å². The highest BCUT2D eigenvalue weighted by atomic mass is 35.5. The van der Waals surface area contributed by atoms with Gasteiger partial charge in [0.05, 0.1) is 9.92 Å². The van der Waals surface area contributed by atoms with Crippen molar-refractivity contribution in [3.05, 3.63) is 52.3 Å². The van der Waals surface area contributed by atoms with Gasteiger partial charge in [-0.2, -0.15) is 8.42 Å². The molecule has 3 rings (SSSR count). The summed E-state index contributed by atoms with van der Waals surface area (Å²) in [5.74, 6) is -0.0000162. The summed E-state index contributed by atoms with van der Waals surface area (Å²) in [4.78, 5) is 18.0. The van der Waals surface area contributed by atoms with E-state index in [4.69, 9.17) is 23.2 Å². The highest BCUT2D eigenvalue weighted by molar-refractivity contribution is 7.90. The van der Waals surface area contributed by atoms with E-state index in [2.05, 4.69) is 14.7 Å². The van der Waals surface area contributed by atoms with Crippen LogP contribution in [0, 0.1) is 0 Å². The molecule has 0 aliphatic carbocycles. The van der Waals surface area contributed by atoms with Crippen LogP contribution >= 0.6 is 23.2 Å². The molecule has 1 aliphatic heterocycles. The number of hydrogen-bond acceptors (Lipinski definition) is 4.